The summed E-state index contributed by atoms with van der Waals surface area (Å²) in [5, 5.41) is 3.34. The molecule has 0 radical (unpaired) electrons. The summed E-state index contributed by atoms with van der Waals surface area (Å²) in [5.41, 5.74) is 1.71. The fourth-order valence-electron chi connectivity index (χ4n) is 6.65. The van der Waals surface area contributed by atoms with Crippen molar-refractivity contribution in [1.82, 2.24) is 19.7 Å². The first kappa shape index (κ1) is 27.8. The molecule has 3 fully saturated rings. The molecule has 39 heavy (non-hydrogen) atoms. The topological polar surface area (TPSA) is 85.8 Å². The SMILES string of the molecule is CN(C)C1(c2ccccc2)CCC2(CC1)CN(CCC(=O)Nc1ccc(S(C)=O)nc1)C(=O)N2CC1CCC1. The number of carbonyl (C=O) groups is 2. The summed E-state index contributed by atoms with van der Waals surface area (Å²) in [6, 6.07) is 14.2. The summed E-state index contributed by atoms with van der Waals surface area (Å²) in [4.78, 5) is 37.1. The molecule has 1 N–H and O–H groups in total. The van der Waals surface area contributed by atoms with Crippen LogP contribution in [0, 0.1) is 5.92 Å². The second kappa shape index (κ2) is 11.4. The van der Waals surface area contributed by atoms with Crippen LogP contribution in [0.4, 0.5) is 10.5 Å². The maximum atomic E-state index is 13.8. The molecule has 210 valence electrons. The Kier molecular flexibility index (Phi) is 8.10. The Morgan fingerprint density at radius 3 is 2.38 bits per heavy atom. The number of hydrogen-bond acceptors (Lipinski definition) is 5. The highest BCUT2D eigenvalue weighted by Crippen LogP contribution is 2.49. The van der Waals surface area contributed by atoms with Gasteiger partial charge in [-0.2, -0.15) is 0 Å². The average Bonchev–Trinajstić information content (AvgIpc) is 3.16. The van der Waals surface area contributed by atoms with Crippen LogP contribution in [0.2, 0.25) is 0 Å². The third kappa shape index (κ3) is 5.61. The van der Waals surface area contributed by atoms with Gasteiger partial charge in [-0.15, -0.1) is 0 Å². The maximum Gasteiger partial charge on any atom is 0.320 e. The van der Waals surface area contributed by atoms with E-state index in [9.17, 15) is 13.8 Å². The first-order valence-electron chi connectivity index (χ1n) is 14.1. The number of carbonyl (C=O) groups excluding carboxylic acids is 2. The Morgan fingerprint density at radius 2 is 1.82 bits per heavy atom. The molecular formula is C30H41N5O3S. The molecule has 3 amide bonds. The van der Waals surface area contributed by atoms with E-state index in [-0.39, 0.29) is 29.4 Å². The van der Waals surface area contributed by atoms with E-state index in [0.717, 1.165) is 32.2 Å². The second-order valence-corrected chi connectivity index (χ2v) is 13.1. The lowest BCUT2D eigenvalue weighted by Gasteiger charge is -2.51. The summed E-state index contributed by atoms with van der Waals surface area (Å²) in [6.45, 7) is 1.91. The highest BCUT2D eigenvalue weighted by atomic mass is 32.2. The molecule has 1 unspecified atom stereocenters. The van der Waals surface area contributed by atoms with E-state index >= 15 is 0 Å². The second-order valence-electron chi connectivity index (χ2n) is 11.8. The predicted octanol–water partition coefficient (Wildman–Crippen LogP) is 4.46. The van der Waals surface area contributed by atoms with E-state index in [0.29, 0.717) is 29.7 Å². The molecule has 2 aliphatic carbocycles. The first-order valence-corrected chi connectivity index (χ1v) is 15.7. The lowest BCUT2D eigenvalue weighted by molar-refractivity contribution is -0.116. The lowest BCUT2D eigenvalue weighted by atomic mass is 9.68. The average molecular weight is 552 g/mol. The van der Waals surface area contributed by atoms with Gasteiger partial charge in [0, 0.05) is 37.8 Å². The summed E-state index contributed by atoms with van der Waals surface area (Å²) in [5.74, 6) is 0.442. The largest absolute Gasteiger partial charge is 0.325 e. The van der Waals surface area contributed by atoms with Crippen LogP contribution in [0.3, 0.4) is 0 Å². The van der Waals surface area contributed by atoms with Crippen LogP contribution in [0.25, 0.3) is 0 Å². The fraction of sp³-hybridized carbons (Fsp3) is 0.567. The third-order valence-electron chi connectivity index (χ3n) is 9.32. The number of pyridine rings is 1. The van der Waals surface area contributed by atoms with Gasteiger partial charge >= 0.3 is 6.03 Å². The monoisotopic (exact) mass is 551 g/mol. The van der Waals surface area contributed by atoms with E-state index in [4.69, 9.17) is 0 Å². The van der Waals surface area contributed by atoms with Gasteiger partial charge < -0.3 is 15.1 Å². The number of nitrogens with one attached hydrogen (secondary N) is 1. The van der Waals surface area contributed by atoms with Crippen molar-refractivity contribution < 1.29 is 13.8 Å². The number of aromatic nitrogens is 1. The number of rotatable bonds is 9. The third-order valence-corrected chi connectivity index (χ3v) is 10.2. The van der Waals surface area contributed by atoms with Crippen molar-refractivity contribution in [3.63, 3.8) is 0 Å². The smallest absolute Gasteiger partial charge is 0.320 e. The van der Waals surface area contributed by atoms with Gasteiger partial charge in [0.1, 0.15) is 5.03 Å². The van der Waals surface area contributed by atoms with Crippen LogP contribution in [0.5, 0.6) is 0 Å². The molecular weight excluding hydrogens is 510 g/mol. The molecule has 1 spiro atoms. The first-order chi connectivity index (χ1) is 18.7. The van der Waals surface area contributed by atoms with Crippen molar-refractivity contribution in [2.75, 3.05) is 45.3 Å². The molecule has 1 atom stereocenters. The van der Waals surface area contributed by atoms with Crippen LogP contribution >= 0.6 is 0 Å². The number of benzene rings is 1. The van der Waals surface area contributed by atoms with E-state index < -0.39 is 10.8 Å². The maximum absolute atomic E-state index is 13.8. The Labute approximate surface area is 234 Å². The number of hydrogen-bond donors (Lipinski definition) is 1. The molecule has 1 aromatic carbocycles. The zero-order chi connectivity index (χ0) is 27.6. The van der Waals surface area contributed by atoms with E-state index in [1.54, 1.807) is 18.4 Å². The molecule has 1 saturated heterocycles. The van der Waals surface area contributed by atoms with Gasteiger partial charge in [-0.25, -0.2) is 9.78 Å². The molecule has 1 aromatic heterocycles. The Hall–Kier alpha value is -2.78. The molecule has 3 aliphatic rings. The van der Waals surface area contributed by atoms with Crippen molar-refractivity contribution in [2.45, 2.75) is 67.5 Å². The van der Waals surface area contributed by atoms with Gasteiger partial charge in [-0.05, 0) is 76.2 Å². The Morgan fingerprint density at radius 1 is 1.10 bits per heavy atom. The predicted molar refractivity (Wildman–Crippen MR) is 154 cm³/mol. The van der Waals surface area contributed by atoms with E-state index in [2.05, 4.69) is 64.5 Å². The van der Waals surface area contributed by atoms with Gasteiger partial charge in [-0.3, -0.25) is 13.9 Å². The van der Waals surface area contributed by atoms with Crippen LogP contribution in [0.1, 0.15) is 56.9 Å². The number of anilines is 1. The number of urea groups is 1. The molecule has 9 heteroatoms. The quantitative estimate of drug-likeness (QED) is 0.498. The molecule has 2 heterocycles. The zero-order valence-corrected chi connectivity index (χ0v) is 24.2. The molecule has 1 aliphatic heterocycles. The summed E-state index contributed by atoms with van der Waals surface area (Å²) < 4.78 is 11.6. The highest BCUT2D eigenvalue weighted by molar-refractivity contribution is 7.84. The summed E-state index contributed by atoms with van der Waals surface area (Å²) >= 11 is 0. The van der Waals surface area contributed by atoms with Gasteiger partial charge in [0.25, 0.3) is 0 Å². The normalized spacial score (nSPS) is 26.2. The lowest BCUT2D eigenvalue weighted by Crippen LogP contribution is -2.56. The van der Waals surface area contributed by atoms with Crippen molar-refractivity contribution in [3.8, 4) is 0 Å². The fourth-order valence-corrected chi connectivity index (χ4v) is 7.11. The van der Waals surface area contributed by atoms with Crippen LogP contribution < -0.4 is 5.32 Å². The Bertz CT molecular complexity index is 1190. The minimum absolute atomic E-state index is 0.0288. The standard InChI is InChI=1S/C30H41N5O3S/c1-33(2)30(24-10-5-4-6-11-24)17-15-29(16-18-30)22-34(28(37)35(29)21-23-8-7-9-23)19-14-26(36)32-25-12-13-27(31-20-25)39(3)38/h4-6,10-13,20,23H,7-9,14-19,21-22H2,1-3H3,(H,32,36). The van der Waals surface area contributed by atoms with Crippen LogP contribution in [0.15, 0.2) is 53.7 Å². The molecule has 2 aromatic rings. The number of nitrogens with zero attached hydrogens (tertiary/aromatic N) is 4. The van der Waals surface area contributed by atoms with Crippen molar-refractivity contribution in [2.24, 2.45) is 5.92 Å². The zero-order valence-electron chi connectivity index (χ0n) is 23.4. The summed E-state index contributed by atoms with van der Waals surface area (Å²) in [6.07, 6.45) is 10.9. The van der Waals surface area contributed by atoms with Gasteiger partial charge in [0.15, 0.2) is 0 Å². The Balaban J connectivity index is 1.27. The van der Waals surface area contributed by atoms with Crippen LogP contribution in [-0.2, 0) is 21.1 Å². The minimum atomic E-state index is -1.16. The van der Waals surface area contributed by atoms with Crippen molar-refractivity contribution in [3.05, 3.63) is 54.2 Å². The number of amides is 3. The van der Waals surface area contributed by atoms with E-state index in [1.165, 1.54) is 31.0 Å². The van der Waals surface area contributed by atoms with Gasteiger partial charge in [0.05, 0.1) is 28.2 Å². The minimum Gasteiger partial charge on any atom is -0.325 e. The molecule has 8 nitrogen and oxygen atoms in total. The summed E-state index contributed by atoms with van der Waals surface area (Å²) in [7, 11) is 3.18. The van der Waals surface area contributed by atoms with Gasteiger partial charge in [-0.1, -0.05) is 36.8 Å². The molecule has 5 rings (SSSR count). The van der Waals surface area contributed by atoms with E-state index in [1.807, 2.05) is 4.90 Å². The van der Waals surface area contributed by atoms with Gasteiger partial charge in [0.2, 0.25) is 5.91 Å². The van der Waals surface area contributed by atoms with Crippen LogP contribution in [-0.4, -0.2) is 81.4 Å². The molecule has 2 saturated carbocycles. The highest BCUT2D eigenvalue weighted by Gasteiger charge is 2.54. The van der Waals surface area contributed by atoms with Crippen molar-refractivity contribution in [1.29, 1.82) is 0 Å². The molecule has 0 bridgehead atoms. The van der Waals surface area contributed by atoms with Crippen molar-refractivity contribution >= 4 is 28.4 Å².